The SMILES string of the molecule is C.COC(=O)c1sc(-c2ccccc2)cc1-c1ccccc1.COC(=O)c1sc(-c2ccccc2)cc1Cl.COC(=O)c1sc(-c2ccccc2)cc1N.NO.O=C(NO)c1sc(-c2ccccc2)cc1-c1ccccc1.O=N[O-].OB(O)c1ccccc1.[Na+]. The molecule has 0 radical (unpaired) electrons. The van der Waals surface area contributed by atoms with Gasteiger partial charge in [-0.15, -0.1) is 50.7 Å². The number of benzene rings is 7. The molecule has 0 spiro atoms. The number of hydroxylamine groups is 1. The van der Waals surface area contributed by atoms with Crippen molar-refractivity contribution in [1.82, 2.24) is 5.48 Å². The van der Waals surface area contributed by atoms with E-state index in [9.17, 15) is 19.2 Å². The number of esters is 3. The number of nitrogens with one attached hydrogen (secondary N) is 1. The summed E-state index contributed by atoms with van der Waals surface area (Å²) in [6.45, 7) is 0. The van der Waals surface area contributed by atoms with E-state index in [1.165, 1.54) is 66.7 Å². The van der Waals surface area contributed by atoms with Crippen LogP contribution in [0.25, 0.3) is 64.0 Å². The van der Waals surface area contributed by atoms with Crippen molar-refractivity contribution >= 4 is 99.0 Å². The van der Waals surface area contributed by atoms with Crippen LogP contribution in [0.5, 0.6) is 0 Å². The molecule has 4 aromatic heterocycles. The van der Waals surface area contributed by atoms with E-state index in [2.05, 4.69) is 21.4 Å². The number of ether oxygens (including phenoxy) is 3. The van der Waals surface area contributed by atoms with Crippen molar-refractivity contribution in [1.29, 1.82) is 0 Å². The molecule has 0 saturated carbocycles. The summed E-state index contributed by atoms with van der Waals surface area (Å²) in [5.74, 6) is 1.95. The van der Waals surface area contributed by atoms with Gasteiger partial charge in [0.25, 0.3) is 5.91 Å². The summed E-state index contributed by atoms with van der Waals surface area (Å²) < 4.78 is 14.2. The van der Waals surface area contributed by atoms with Crippen molar-refractivity contribution in [2.75, 3.05) is 27.1 Å². The molecule has 0 bridgehead atoms. The Morgan fingerprint density at radius 2 is 0.733 bits per heavy atom. The van der Waals surface area contributed by atoms with Gasteiger partial charge in [-0.05, 0) is 63.1 Å². The fourth-order valence-corrected chi connectivity index (χ4v) is 12.3. The molecule has 7 aromatic carbocycles. The van der Waals surface area contributed by atoms with E-state index >= 15 is 0 Å². The Hall–Kier alpha value is -8.43. The summed E-state index contributed by atoms with van der Waals surface area (Å²) in [5.41, 5.74) is 16.5. The Balaban J connectivity index is 0.000000292. The number of anilines is 1. The molecular formula is C66H61BClN4NaO13S4. The van der Waals surface area contributed by atoms with Crippen molar-refractivity contribution in [3.63, 3.8) is 0 Å². The van der Waals surface area contributed by atoms with Crippen LogP contribution in [-0.4, -0.2) is 72.7 Å². The number of halogens is 1. The van der Waals surface area contributed by atoms with Crippen LogP contribution in [0.1, 0.15) is 46.1 Å². The second-order valence-corrected chi connectivity index (χ2v) is 22.0. The van der Waals surface area contributed by atoms with Crippen LogP contribution in [0.4, 0.5) is 5.69 Å². The average Bonchev–Trinajstić information content (AvgIpc) is 3.68. The quantitative estimate of drug-likeness (QED) is 0.0158. The number of hydrogen-bond donors (Lipinski definition) is 7. The molecule has 4 heterocycles. The topological polar surface area (TPSA) is 293 Å². The van der Waals surface area contributed by atoms with E-state index in [1.54, 1.807) is 41.9 Å². The maximum atomic E-state index is 12.0. The average molecular weight is 1320 g/mol. The molecular weight excluding hydrogens is 1250 g/mol. The molecule has 17 nitrogen and oxygen atoms in total. The molecule has 0 fully saturated rings. The molecule has 11 aromatic rings. The molecule has 0 aliphatic rings. The van der Waals surface area contributed by atoms with Gasteiger partial charge in [-0.3, -0.25) is 10.0 Å². The molecule has 24 heteroatoms. The third kappa shape index (κ3) is 22.6. The summed E-state index contributed by atoms with van der Waals surface area (Å²) >= 11 is 11.5. The van der Waals surface area contributed by atoms with Crippen molar-refractivity contribution in [3.8, 4) is 64.0 Å². The molecule has 9 N–H and O–H groups in total. The van der Waals surface area contributed by atoms with E-state index in [-0.39, 0.29) is 48.9 Å². The number of nitrogen functional groups attached to an aromatic ring is 1. The first-order chi connectivity index (χ1) is 42.7. The second-order valence-electron chi connectivity index (χ2n) is 17.4. The Bertz CT molecular complexity index is 3660. The standard InChI is InChI=1S/C18H14O2S.C17H13NO2S.C12H9ClO2S.C12H11NO2S.C6H7BO2.CH4.HNO2.H3NO.Na/c1-20-18(19)17-15(13-8-4-2-5-9-13)12-16(21-17)14-10-6-3-7-11-14;19-17(18-20)16-14(12-7-3-1-4-8-12)11-15(21-16)13-9-5-2-6-10-13;2*1-15-12(14)11-9(13)7-10(16-11)8-5-3-2-4-6-8;8-7(9)6-4-2-1-3-5-6;;2-1-3;1-2;/h2-12H,1H3;1-11,20H,(H,18,19);2-7H,1H3;2-7H,13H2,1H3;1-5,8-9H;1H4;(H,2,3);2H,1H2;/q;;;;;;;;+1/p-1. The minimum atomic E-state index is -1.34. The fraction of sp³-hybridized carbons (Fsp3) is 0.0606. The van der Waals surface area contributed by atoms with Crippen LogP contribution in [0.15, 0.2) is 242 Å². The summed E-state index contributed by atoms with van der Waals surface area (Å²) in [4.78, 5) is 60.8. The third-order valence-corrected chi connectivity index (χ3v) is 16.9. The van der Waals surface area contributed by atoms with Gasteiger partial charge in [-0.25, -0.2) is 25.8 Å². The number of carbonyl (C=O) groups is 4. The zero-order chi connectivity index (χ0) is 63.8. The Morgan fingerprint density at radius 3 is 1.07 bits per heavy atom. The molecule has 90 heavy (non-hydrogen) atoms. The number of rotatable bonds is 11. The Morgan fingerprint density at radius 1 is 0.467 bits per heavy atom. The minimum Gasteiger partial charge on any atom is -0.465 e. The molecule has 0 saturated heterocycles. The first-order valence-corrected chi connectivity index (χ1v) is 29.5. The number of methoxy groups -OCH3 is 3. The maximum absolute atomic E-state index is 12.0. The Labute approximate surface area is 564 Å². The molecule has 0 aliphatic carbocycles. The van der Waals surface area contributed by atoms with Gasteiger partial charge in [0.1, 0.15) is 19.5 Å². The van der Waals surface area contributed by atoms with Gasteiger partial charge in [-0.2, -0.15) is 0 Å². The number of hydrogen-bond acceptors (Lipinski definition) is 20. The Kier molecular flexibility index (Phi) is 34.5. The van der Waals surface area contributed by atoms with Gasteiger partial charge in [0.05, 0.1) is 32.0 Å². The minimum absolute atomic E-state index is 0. The molecule has 458 valence electrons. The number of nitrogens with zero attached hydrogens (tertiary/aromatic N) is 1. The van der Waals surface area contributed by atoms with E-state index in [0.29, 0.717) is 35.7 Å². The van der Waals surface area contributed by atoms with E-state index in [0.717, 1.165) is 69.4 Å². The summed E-state index contributed by atoms with van der Waals surface area (Å²) in [6.07, 6.45) is 0. The summed E-state index contributed by atoms with van der Waals surface area (Å²) in [6, 6.07) is 75.4. The van der Waals surface area contributed by atoms with Crippen LogP contribution in [-0.2, 0) is 14.2 Å². The van der Waals surface area contributed by atoms with Crippen molar-refractivity contribution in [2.45, 2.75) is 7.43 Å². The largest absolute Gasteiger partial charge is 1.00 e. The normalized spacial score (nSPS) is 9.52. The molecule has 0 atom stereocenters. The van der Waals surface area contributed by atoms with Crippen LogP contribution >= 0.6 is 56.9 Å². The van der Waals surface area contributed by atoms with Gasteiger partial charge < -0.3 is 45.3 Å². The van der Waals surface area contributed by atoms with Crippen LogP contribution in [0.3, 0.4) is 0 Å². The van der Waals surface area contributed by atoms with E-state index < -0.39 is 19.0 Å². The number of amides is 1. The van der Waals surface area contributed by atoms with Crippen LogP contribution in [0, 0.1) is 10.1 Å². The number of carbonyl (C=O) groups excluding carboxylic acids is 4. The zero-order valence-corrected chi connectivity index (χ0v) is 54.2. The molecule has 11 rings (SSSR count). The van der Waals surface area contributed by atoms with Crippen molar-refractivity contribution < 1.29 is 83.4 Å². The van der Waals surface area contributed by atoms with Gasteiger partial charge in [0.2, 0.25) is 0 Å². The molecule has 0 aliphatic heterocycles. The van der Waals surface area contributed by atoms with Crippen molar-refractivity contribution in [2.24, 2.45) is 11.2 Å². The monoisotopic (exact) mass is 1310 g/mol. The number of thiophene rings is 4. The predicted octanol–water partition coefficient (Wildman–Crippen LogP) is 12.3. The molecule has 0 unspecified atom stereocenters. The zero-order valence-electron chi connectivity index (χ0n) is 48.2. The summed E-state index contributed by atoms with van der Waals surface area (Å²) in [7, 11) is 2.77. The van der Waals surface area contributed by atoms with Crippen LogP contribution in [0.2, 0.25) is 5.02 Å². The first kappa shape index (κ1) is 75.8. The van der Waals surface area contributed by atoms with Gasteiger partial charge in [0.15, 0.2) is 0 Å². The fourth-order valence-electron chi connectivity index (χ4n) is 7.77. The predicted molar refractivity (Wildman–Crippen MR) is 361 cm³/mol. The first-order valence-electron chi connectivity index (χ1n) is 25.9. The van der Waals surface area contributed by atoms with E-state index in [1.807, 2.05) is 194 Å². The van der Waals surface area contributed by atoms with E-state index in [4.69, 9.17) is 52.6 Å². The third-order valence-electron chi connectivity index (χ3n) is 11.8. The van der Waals surface area contributed by atoms with Gasteiger partial charge in [-0.1, -0.05) is 231 Å². The second kappa shape index (κ2) is 41.0. The van der Waals surface area contributed by atoms with Crippen molar-refractivity contribution in [3.05, 3.63) is 271 Å². The van der Waals surface area contributed by atoms with Gasteiger partial charge >= 0.3 is 54.6 Å². The number of nitrogens with two attached hydrogens (primary N) is 2. The van der Waals surface area contributed by atoms with Gasteiger partial charge in [0, 0.05) is 30.6 Å². The van der Waals surface area contributed by atoms with Crippen LogP contribution < -0.4 is 52.1 Å². The summed E-state index contributed by atoms with van der Waals surface area (Å²) in [5, 5.41) is 42.0. The smallest absolute Gasteiger partial charge is 0.465 e. The maximum Gasteiger partial charge on any atom is 1.00 e. The molecule has 1 amide bonds.